The van der Waals surface area contributed by atoms with Gasteiger partial charge in [0.1, 0.15) is 5.78 Å². The van der Waals surface area contributed by atoms with Gasteiger partial charge in [-0.2, -0.15) is 0 Å². The van der Waals surface area contributed by atoms with Gasteiger partial charge in [0, 0.05) is 22.5 Å². The minimum atomic E-state index is -0.544. The van der Waals surface area contributed by atoms with E-state index in [9.17, 15) is 14.4 Å². The maximum atomic E-state index is 12.0. The molecule has 0 saturated heterocycles. The topological polar surface area (TPSA) is 75.3 Å². The quantitative estimate of drug-likeness (QED) is 0.835. The number of carbonyl (C=O) groups excluding carboxylic acids is 3. The Hall–Kier alpha value is -1.69. The molecule has 0 bridgehead atoms. The second-order valence-corrected chi connectivity index (χ2v) is 7.55. The number of hydrogen-bond donors (Lipinski definition) is 2. The van der Waals surface area contributed by atoms with E-state index in [0.717, 1.165) is 4.47 Å². The molecule has 3 amide bonds. The number of hydrogen-bond acceptors (Lipinski definition) is 3. The van der Waals surface area contributed by atoms with E-state index in [0.29, 0.717) is 12.1 Å². The van der Waals surface area contributed by atoms with Crippen LogP contribution in [-0.2, 0) is 9.59 Å². The molecule has 0 heterocycles. The fraction of sp³-hybridized carbons (Fsp3) is 0.471. The third-order valence-corrected chi connectivity index (χ3v) is 5.28. The molecule has 1 saturated carbocycles. The maximum absolute atomic E-state index is 12.0. The van der Waals surface area contributed by atoms with Crippen molar-refractivity contribution in [2.75, 3.05) is 5.32 Å². The Morgan fingerprint density at radius 3 is 2.35 bits per heavy atom. The molecule has 1 aliphatic rings. The number of halogens is 1. The van der Waals surface area contributed by atoms with Crippen LogP contribution in [0.4, 0.5) is 10.5 Å². The molecule has 23 heavy (non-hydrogen) atoms. The van der Waals surface area contributed by atoms with Crippen molar-refractivity contribution in [1.29, 1.82) is 0 Å². The lowest BCUT2D eigenvalue weighted by atomic mass is 9.52. The van der Waals surface area contributed by atoms with E-state index in [1.807, 2.05) is 13.8 Å². The normalized spacial score (nSPS) is 21.9. The number of anilines is 1. The summed E-state index contributed by atoms with van der Waals surface area (Å²) in [7, 11) is 0. The Kier molecular flexibility index (Phi) is 5.24. The molecule has 0 unspecified atom stereocenters. The summed E-state index contributed by atoms with van der Waals surface area (Å²) in [5, 5.41) is 4.95. The number of imide groups is 1. The highest BCUT2D eigenvalue weighted by Gasteiger charge is 2.50. The minimum Gasteiger partial charge on any atom is -0.308 e. The van der Waals surface area contributed by atoms with Crippen molar-refractivity contribution >= 4 is 39.3 Å². The summed E-state index contributed by atoms with van der Waals surface area (Å²) in [5.41, 5.74) is 0.421. The molecule has 2 atom stereocenters. The Morgan fingerprint density at radius 1 is 1.22 bits per heavy atom. The summed E-state index contributed by atoms with van der Waals surface area (Å²) in [6.45, 7) is 5.60. The lowest BCUT2D eigenvalue weighted by molar-refractivity contribution is -0.140. The summed E-state index contributed by atoms with van der Waals surface area (Å²) in [4.78, 5) is 35.3. The highest BCUT2D eigenvalue weighted by atomic mass is 79.9. The maximum Gasteiger partial charge on any atom is 0.325 e. The molecule has 0 aliphatic heterocycles. The monoisotopic (exact) mass is 380 g/mol. The average Bonchev–Trinajstić information content (AvgIpc) is 2.45. The van der Waals surface area contributed by atoms with Crippen LogP contribution in [0.25, 0.3) is 0 Å². The smallest absolute Gasteiger partial charge is 0.308 e. The van der Waals surface area contributed by atoms with Crippen molar-refractivity contribution in [3.8, 4) is 0 Å². The molecule has 2 rings (SSSR count). The first-order valence-corrected chi connectivity index (χ1v) is 8.36. The predicted octanol–water partition coefficient (Wildman–Crippen LogP) is 3.74. The van der Waals surface area contributed by atoms with Crippen molar-refractivity contribution in [2.24, 2.45) is 17.3 Å². The largest absolute Gasteiger partial charge is 0.325 e. The van der Waals surface area contributed by atoms with Gasteiger partial charge in [-0.1, -0.05) is 29.8 Å². The Balaban J connectivity index is 1.82. The number of rotatable bonds is 4. The van der Waals surface area contributed by atoms with Gasteiger partial charge >= 0.3 is 6.03 Å². The van der Waals surface area contributed by atoms with E-state index >= 15 is 0 Å². The van der Waals surface area contributed by atoms with Gasteiger partial charge in [-0.15, -0.1) is 0 Å². The summed E-state index contributed by atoms with van der Waals surface area (Å²) < 4.78 is 0.909. The zero-order valence-electron chi connectivity index (χ0n) is 13.5. The SMILES string of the molecule is CC(=O)[C@H]1C[C@H](CC(=O)NC(=O)Nc2ccc(Br)cc2)C1(C)C. The van der Waals surface area contributed by atoms with E-state index in [4.69, 9.17) is 0 Å². The number of urea groups is 1. The molecular weight excluding hydrogens is 360 g/mol. The van der Waals surface area contributed by atoms with Crippen LogP contribution >= 0.6 is 15.9 Å². The van der Waals surface area contributed by atoms with E-state index in [1.165, 1.54) is 0 Å². The molecule has 1 fully saturated rings. The highest BCUT2D eigenvalue weighted by Crippen LogP contribution is 2.53. The number of benzene rings is 1. The van der Waals surface area contributed by atoms with Gasteiger partial charge in [-0.05, 0) is 48.9 Å². The Labute approximate surface area is 144 Å². The third-order valence-electron chi connectivity index (χ3n) is 4.75. The lowest BCUT2D eigenvalue weighted by Gasteiger charge is -2.51. The van der Waals surface area contributed by atoms with Gasteiger partial charge < -0.3 is 5.32 Å². The summed E-state index contributed by atoms with van der Waals surface area (Å²) in [5.74, 6) is -0.0203. The van der Waals surface area contributed by atoms with Crippen LogP contribution in [0, 0.1) is 17.3 Å². The summed E-state index contributed by atoms with van der Waals surface area (Å²) in [6, 6.07) is 6.53. The van der Waals surface area contributed by atoms with Crippen molar-refractivity contribution in [3.63, 3.8) is 0 Å². The first kappa shape index (κ1) is 17.7. The second-order valence-electron chi connectivity index (χ2n) is 6.63. The first-order valence-electron chi connectivity index (χ1n) is 7.57. The van der Waals surface area contributed by atoms with Gasteiger partial charge in [0.15, 0.2) is 0 Å². The van der Waals surface area contributed by atoms with Crippen molar-refractivity contribution in [2.45, 2.75) is 33.6 Å². The van der Waals surface area contributed by atoms with Gasteiger partial charge in [0.25, 0.3) is 0 Å². The minimum absolute atomic E-state index is 0.0110. The van der Waals surface area contributed by atoms with Crippen LogP contribution in [0.15, 0.2) is 28.7 Å². The molecule has 1 aromatic carbocycles. The summed E-state index contributed by atoms with van der Waals surface area (Å²) >= 11 is 3.31. The fourth-order valence-electron chi connectivity index (χ4n) is 3.15. The number of ketones is 1. The molecule has 5 nitrogen and oxygen atoms in total. The molecule has 2 N–H and O–H groups in total. The van der Waals surface area contributed by atoms with E-state index in [2.05, 4.69) is 26.6 Å². The Bertz CT molecular complexity index is 625. The van der Waals surface area contributed by atoms with Gasteiger partial charge in [-0.25, -0.2) is 4.79 Å². The van der Waals surface area contributed by atoms with Crippen molar-refractivity contribution in [3.05, 3.63) is 28.7 Å². The second kappa shape index (κ2) is 6.83. The van der Waals surface area contributed by atoms with Crippen LogP contribution in [0.1, 0.15) is 33.6 Å². The highest BCUT2D eigenvalue weighted by molar-refractivity contribution is 9.10. The number of amides is 3. The summed E-state index contributed by atoms with van der Waals surface area (Å²) in [6.07, 6.45) is 0.967. The molecule has 0 aromatic heterocycles. The van der Waals surface area contributed by atoms with Crippen LogP contribution in [-0.4, -0.2) is 17.7 Å². The number of carbonyl (C=O) groups is 3. The van der Waals surface area contributed by atoms with Gasteiger partial charge in [0.2, 0.25) is 5.91 Å². The van der Waals surface area contributed by atoms with E-state index in [-0.39, 0.29) is 35.4 Å². The third kappa shape index (κ3) is 4.19. The van der Waals surface area contributed by atoms with Crippen molar-refractivity contribution in [1.82, 2.24) is 5.32 Å². The van der Waals surface area contributed by atoms with Gasteiger partial charge in [-0.3, -0.25) is 14.9 Å². The zero-order chi connectivity index (χ0) is 17.2. The fourth-order valence-corrected chi connectivity index (χ4v) is 3.41. The molecule has 1 aromatic rings. The van der Waals surface area contributed by atoms with Crippen molar-refractivity contribution < 1.29 is 14.4 Å². The van der Waals surface area contributed by atoms with E-state index in [1.54, 1.807) is 31.2 Å². The standard InChI is InChI=1S/C17H21BrN2O3/c1-10(21)14-8-11(17(14,2)3)9-15(22)20-16(23)19-13-6-4-12(18)5-7-13/h4-7,11,14H,8-9H2,1-3H3,(H2,19,20,22,23)/t11-,14-/m1/s1. The van der Waals surface area contributed by atoms with Crippen LogP contribution < -0.4 is 10.6 Å². The molecule has 6 heteroatoms. The Morgan fingerprint density at radius 2 is 1.83 bits per heavy atom. The average molecular weight is 381 g/mol. The molecule has 124 valence electrons. The van der Waals surface area contributed by atoms with Crippen LogP contribution in [0.2, 0.25) is 0 Å². The lowest BCUT2D eigenvalue weighted by Crippen LogP contribution is -2.50. The van der Waals surface area contributed by atoms with Crippen LogP contribution in [0.3, 0.4) is 0 Å². The zero-order valence-corrected chi connectivity index (χ0v) is 15.1. The molecule has 1 aliphatic carbocycles. The number of Topliss-reactive ketones (excluding diaryl/α,β-unsaturated/α-hetero) is 1. The van der Waals surface area contributed by atoms with E-state index < -0.39 is 6.03 Å². The predicted molar refractivity (Wildman–Crippen MR) is 92.0 cm³/mol. The van der Waals surface area contributed by atoms with Crippen LogP contribution in [0.5, 0.6) is 0 Å². The first-order chi connectivity index (χ1) is 10.7. The van der Waals surface area contributed by atoms with Gasteiger partial charge in [0.05, 0.1) is 0 Å². The molecule has 0 spiro atoms. The number of nitrogens with one attached hydrogen (secondary N) is 2. The molecule has 0 radical (unpaired) electrons. The molecular formula is C17H21BrN2O3.